The van der Waals surface area contributed by atoms with E-state index in [9.17, 15) is 0 Å². The summed E-state index contributed by atoms with van der Waals surface area (Å²) in [7, 11) is 0. The van der Waals surface area contributed by atoms with E-state index in [0.717, 1.165) is 42.0 Å². The summed E-state index contributed by atoms with van der Waals surface area (Å²) in [4.78, 5) is 6.99. The molecule has 0 aliphatic carbocycles. The van der Waals surface area contributed by atoms with Crippen molar-refractivity contribution in [2.45, 2.75) is 40.2 Å². The molecule has 1 aromatic heterocycles. The van der Waals surface area contributed by atoms with Crippen LogP contribution in [0.5, 0.6) is 0 Å². The number of rotatable bonds is 7. The third-order valence-corrected chi connectivity index (χ3v) is 4.59. The molecule has 0 N–H and O–H groups in total. The minimum Gasteiger partial charge on any atom is -0.299 e. The van der Waals surface area contributed by atoms with Gasteiger partial charge in [0.05, 0.1) is 5.52 Å². The maximum absolute atomic E-state index is 6.37. The maximum atomic E-state index is 6.37. The zero-order chi connectivity index (χ0) is 15.2. The predicted molar refractivity (Wildman–Crippen MR) is 91.8 cm³/mol. The van der Waals surface area contributed by atoms with Crippen molar-refractivity contribution >= 4 is 22.5 Å². The Labute approximate surface area is 133 Å². The summed E-state index contributed by atoms with van der Waals surface area (Å²) in [5.74, 6) is 0.761. The highest BCUT2D eigenvalue weighted by Gasteiger charge is 2.13. The first-order valence-corrected chi connectivity index (χ1v) is 8.32. The van der Waals surface area contributed by atoms with Crippen LogP contribution in [-0.2, 0) is 6.54 Å². The van der Waals surface area contributed by atoms with Gasteiger partial charge in [-0.3, -0.25) is 4.90 Å². The molecule has 114 valence electrons. The van der Waals surface area contributed by atoms with Crippen molar-refractivity contribution < 1.29 is 0 Å². The summed E-state index contributed by atoms with van der Waals surface area (Å²) in [6.45, 7) is 9.81. The van der Waals surface area contributed by atoms with Gasteiger partial charge < -0.3 is 0 Å². The summed E-state index contributed by atoms with van der Waals surface area (Å²) in [6.07, 6.45) is 2.47. The van der Waals surface area contributed by atoms with E-state index in [1.54, 1.807) is 0 Å². The quantitative estimate of drug-likeness (QED) is 0.658. The molecule has 0 saturated heterocycles. The van der Waals surface area contributed by atoms with Gasteiger partial charge in [-0.15, -0.1) is 0 Å². The standard InChI is InChI=1S/C18H25ClN2/c1-4-14(5-2)12-21(6-3)13-16-11-15-9-7-8-10-17(15)20-18(16)19/h7-11,14H,4-6,12-13H2,1-3H3. The van der Waals surface area contributed by atoms with Crippen LogP contribution >= 0.6 is 11.6 Å². The molecule has 0 saturated carbocycles. The SMILES string of the molecule is CCC(CC)CN(CC)Cc1cc2ccccc2nc1Cl. The van der Waals surface area contributed by atoms with Gasteiger partial charge in [0, 0.05) is 24.0 Å². The highest BCUT2D eigenvalue weighted by Crippen LogP contribution is 2.22. The highest BCUT2D eigenvalue weighted by molar-refractivity contribution is 6.30. The second-order valence-corrected chi connectivity index (χ2v) is 6.00. The van der Waals surface area contributed by atoms with Crippen molar-refractivity contribution in [2.75, 3.05) is 13.1 Å². The molecule has 1 heterocycles. The maximum Gasteiger partial charge on any atom is 0.134 e. The zero-order valence-corrected chi connectivity index (χ0v) is 14.0. The van der Waals surface area contributed by atoms with E-state index in [4.69, 9.17) is 11.6 Å². The Kier molecular flexibility index (Phi) is 6.01. The molecule has 0 fully saturated rings. The van der Waals surface area contributed by atoms with E-state index < -0.39 is 0 Å². The molecule has 0 amide bonds. The van der Waals surface area contributed by atoms with Gasteiger partial charge in [0.2, 0.25) is 0 Å². The van der Waals surface area contributed by atoms with Gasteiger partial charge in [-0.1, -0.05) is 63.4 Å². The van der Waals surface area contributed by atoms with Crippen LogP contribution < -0.4 is 0 Å². The van der Waals surface area contributed by atoms with Gasteiger partial charge in [0.25, 0.3) is 0 Å². The monoisotopic (exact) mass is 304 g/mol. The van der Waals surface area contributed by atoms with Crippen molar-refractivity contribution in [3.63, 3.8) is 0 Å². The molecule has 0 atom stereocenters. The van der Waals surface area contributed by atoms with E-state index in [1.165, 1.54) is 12.8 Å². The van der Waals surface area contributed by atoms with E-state index in [0.29, 0.717) is 5.15 Å². The van der Waals surface area contributed by atoms with Crippen LogP contribution in [-0.4, -0.2) is 23.0 Å². The summed E-state index contributed by atoms with van der Waals surface area (Å²) in [6, 6.07) is 10.3. The number of para-hydroxylation sites is 1. The lowest BCUT2D eigenvalue weighted by molar-refractivity contribution is 0.226. The average molecular weight is 305 g/mol. The van der Waals surface area contributed by atoms with Crippen molar-refractivity contribution in [1.29, 1.82) is 0 Å². The fraction of sp³-hybridized carbons (Fsp3) is 0.500. The number of halogens is 1. The lowest BCUT2D eigenvalue weighted by atomic mass is 10.0. The summed E-state index contributed by atoms with van der Waals surface area (Å²) < 4.78 is 0. The van der Waals surface area contributed by atoms with Crippen LogP contribution in [0.15, 0.2) is 30.3 Å². The number of pyridine rings is 1. The van der Waals surface area contributed by atoms with E-state index in [-0.39, 0.29) is 0 Å². The molecule has 0 aliphatic rings. The minimum atomic E-state index is 0.636. The molecule has 0 spiro atoms. The molecular formula is C18H25ClN2. The van der Waals surface area contributed by atoms with Crippen LogP contribution in [0.1, 0.15) is 39.2 Å². The second-order valence-electron chi connectivity index (χ2n) is 5.64. The van der Waals surface area contributed by atoms with Gasteiger partial charge in [-0.25, -0.2) is 4.98 Å². The van der Waals surface area contributed by atoms with Gasteiger partial charge in [-0.05, 0) is 24.6 Å². The van der Waals surface area contributed by atoms with Crippen molar-refractivity contribution in [3.8, 4) is 0 Å². The topological polar surface area (TPSA) is 16.1 Å². The Morgan fingerprint density at radius 3 is 2.52 bits per heavy atom. The smallest absolute Gasteiger partial charge is 0.134 e. The first-order chi connectivity index (χ1) is 10.2. The fourth-order valence-electron chi connectivity index (χ4n) is 2.71. The molecule has 2 aromatic rings. The Bertz CT molecular complexity index is 578. The normalized spacial score (nSPS) is 11.7. The summed E-state index contributed by atoms with van der Waals surface area (Å²) >= 11 is 6.37. The number of hydrogen-bond donors (Lipinski definition) is 0. The second kappa shape index (κ2) is 7.77. The lowest BCUT2D eigenvalue weighted by Gasteiger charge is -2.25. The number of aromatic nitrogens is 1. The highest BCUT2D eigenvalue weighted by atomic mass is 35.5. The van der Waals surface area contributed by atoms with Crippen LogP contribution in [0.3, 0.4) is 0 Å². The molecule has 2 rings (SSSR count). The minimum absolute atomic E-state index is 0.636. The molecule has 3 heteroatoms. The molecule has 2 nitrogen and oxygen atoms in total. The van der Waals surface area contributed by atoms with Gasteiger partial charge in [0.15, 0.2) is 0 Å². The zero-order valence-electron chi connectivity index (χ0n) is 13.3. The fourth-order valence-corrected chi connectivity index (χ4v) is 2.91. The van der Waals surface area contributed by atoms with E-state index in [2.05, 4.69) is 42.8 Å². The Morgan fingerprint density at radius 2 is 1.86 bits per heavy atom. The lowest BCUT2D eigenvalue weighted by Crippen LogP contribution is -2.29. The molecule has 1 aromatic carbocycles. The summed E-state index contributed by atoms with van der Waals surface area (Å²) in [5.41, 5.74) is 2.09. The largest absolute Gasteiger partial charge is 0.299 e. The molecule has 0 radical (unpaired) electrons. The number of nitrogens with zero attached hydrogens (tertiary/aromatic N) is 2. The number of fused-ring (bicyclic) bond motifs is 1. The Hall–Kier alpha value is -1.12. The number of hydrogen-bond acceptors (Lipinski definition) is 2. The van der Waals surface area contributed by atoms with Crippen LogP contribution in [0.4, 0.5) is 0 Å². The summed E-state index contributed by atoms with van der Waals surface area (Å²) in [5, 5.41) is 1.80. The van der Waals surface area contributed by atoms with Crippen LogP contribution in [0.2, 0.25) is 5.15 Å². The van der Waals surface area contributed by atoms with Gasteiger partial charge in [-0.2, -0.15) is 0 Å². The Morgan fingerprint density at radius 1 is 1.14 bits per heavy atom. The first kappa shape index (κ1) is 16.3. The van der Waals surface area contributed by atoms with Crippen molar-refractivity contribution in [1.82, 2.24) is 9.88 Å². The molecule has 0 aliphatic heterocycles. The van der Waals surface area contributed by atoms with E-state index >= 15 is 0 Å². The van der Waals surface area contributed by atoms with Crippen molar-refractivity contribution in [3.05, 3.63) is 41.0 Å². The average Bonchev–Trinajstić information content (AvgIpc) is 2.51. The Balaban J connectivity index is 2.18. The van der Waals surface area contributed by atoms with Gasteiger partial charge in [0.1, 0.15) is 5.15 Å². The molecule has 0 unspecified atom stereocenters. The van der Waals surface area contributed by atoms with Crippen molar-refractivity contribution in [2.24, 2.45) is 5.92 Å². The molecular weight excluding hydrogens is 280 g/mol. The van der Waals surface area contributed by atoms with Crippen LogP contribution in [0, 0.1) is 5.92 Å². The molecule has 21 heavy (non-hydrogen) atoms. The predicted octanol–water partition coefficient (Wildman–Crippen LogP) is 5.15. The third kappa shape index (κ3) is 4.18. The first-order valence-electron chi connectivity index (χ1n) is 7.94. The number of benzene rings is 1. The van der Waals surface area contributed by atoms with Gasteiger partial charge >= 0.3 is 0 Å². The van der Waals surface area contributed by atoms with E-state index in [1.807, 2.05) is 18.2 Å². The van der Waals surface area contributed by atoms with Crippen LogP contribution in [0.25, 0.3) is 10.9 Å². The molecule has 0 bridgehead atoms. The third-order valence-electron chi connectivity index (χ3n) is 4.26.